The fraction of sp³-hybridized carbons (Fsp3) is 0.818. The molecule has 7 heteroatoms. The van der Waals surface area contributed by atoms with Crippen molar-refractivity contribution in [3.05, 3.63) is 0 Å². The van der Waals surface area contributed by atoms with Gasteiger partial charge in [0.15, 0.2) is 6.10 Å². The van der Waals surface area contributed by atoms with Crippen molar-refractivity contribution in [3.63, 3.8) is 0 Å². The van der Waals surface area contributed by atoms with Gasteiger partial charge in [-0.3, -0.25) is 0 Å². The van der Waals surface area contributed by atoms with Gasteiger partial charge < -0.3 is 25.2 Å². The summed E-state index contributed by atoms with van der Waals surface area (Å²) in [5, 5.41) is 20.5. The smallest absolute Gasteiger partial charge is 0.332 e. The van der Waals surface area contributed by atoms with Crippen LogP contribution in [0.3, 0.4) is 0 Å². The fourth-order valence-corrected chi connectivity index (χ4v) is 1.85. The summed E-state index contributed by atoms with van der Waals surface area (Å²) in [7, 11) is 1.58. The van der Waals surface area contributed by atoms with Gasteiger partial charge in [0, 0.05) is 20.1 Å². The molecule has 0 aromatic rings. The lowest BCUT2D eigenvalue weighted by molar-refractivity contribution is -0.149. The number of carbonyl (C=O) groups excluding carboxylic acids is 1. The SMILES string of the molecule is CC(O)CN(C)C(=O)NCC1CCC(C(=O)O)O1. The molecule has 7 nitrogen and oxygen atoms in total. The molecule has 0 aliphatic carbocycles. The molecule has 18 heavy (non-hydrogen) atoms. The Morgan fingerprint density at radius 1 is 1.50 bits per heavy atom. The van der Waals surface area contributed by atoms with Crippen molar-refractivity contribution in [2.75, 3.05) is 20.1 Å². The van der Waals surface area contributed by atoms with E-state index in [0.29, 0.717) is 12.8 Å². The van der Waals surface area contributed by atoms with Crippen LogP contribution in [0, 0.1) is 0 Å². The van der Waals surface area contributed by atoms with Crippen LogP contribution in [-0.2, 0) is 9.53 Å². The monoisotopic (exact) mass is 260 g/mol. The van der Waals surface area contributed by atoms with Crippen molar-refractivity contribution in [1.29, 1.82) is 0 Å². The highest BCUT2D eigenvalue weighted by molar-refractivity contribution is 5.74. The first-order valence-electron chi connectivity index (χ1n) is 5.95. The summed E-state index contributed by atoms with van der Waals surface area (Å²) >= 11 is 0. The maximum absolute atomic E-state index is 11.6. The van der Waals surface area contributed by atoms with Crippen LogP contribution in [0.1, 0.15) is 19.8 Å². The number of rotatable bonds is 5. The summed E-state index contributed by atoms with van der Waals surface area (Å²) in [5.41, 5.74) is 0. The minimum atomic E-state index is -0.963. The highest BCUT2D eigenvalue weighted by atomic mass is 16.5. The largest absolute Gasteiger partial charge is 0.479 e. The standard InChI is InChI=1S/C11H20N2O5/c1-7(14)6-13(2)11(17)12-5-8-3-4-9(18-8)10(15)16/h7-9,14H,3-6H2,1-2H3,(H,12,17)(H,15,16). The van der Waals surface area contributed by atoms with Gasteiger partial charge in [-0.05, 0) is 19.8 Å². The number of urea groups is 1. The number of ether oxygens (including phenoxy) is 1. The van der Waals surface area contributed by atoms with Crippen LogP contribution >= 0.6 is 0 Å². The van der Waals surface area contributed by atoms with Crippen LogP contribution in [0.2, 0.25) is 0 Å². The van der Waals surface area contributed by atoms with Crippen molar-refractivity contribution in [2.24, 2.45) is 0 Å². The Morgan fingerprint density at radius 3 is 2.67 bits per heavy atom. The molecular weight excluding hydrogens is 240 g/mol. The second-order valence-corrected chi connectivity index (χ2v) is 4.58. The Morgan fingerprint density at radius 2 is 2.17 bits per heavy atom. The molecule has 2 amide bonds. The lowest BCUT2D eigenvalue weighted by atomic mass is 10.2. The molecule has 1 fully saturated rings. The first-order valence-corrected chi connectivity index (χ1v) is 5.95. The third-order valence-corrected chi connectivity index (χ3v) is 2.75. The van der Waals surface area contributed by atoms with E-state index < -0.39 is 18.2 Å². The number of aliphatic hydroxyl groups excluding tert-OH is 1. The molecule has 1 saturated heterocycles. The van der Waals surface area contributed by atoms with Crippen LogP contribution in [0.4, 0.5) is 4.79 Å². The number of aliphatic hydroxyl groups is 1. The normalized spacial score (nSPS) is 24.6. The maximum atomic E-state index is 11.6. The molecule has 0 aromatic carbocycles. The van der Waals surface area contributed by atoms with E-state index in [2.05, 4.69) is 5.32 Å². The van der Waals surface area contributed by atoms with Crippen molar-refractivity contribution in [3.8, 4) is 0 Å². The highest BCUT2D eigenvalue weighted by Gasteiger charge is 2.30. The Hall–Kier alpha value is -1.34. The van der Waals surface area contributed by atoms with E-state index in [9.17, 15) is 9.59 Å². The van der Waals surface area contributed by atoms with Gasteiger partial charge in [0.1, 0.15) is 0 Å². The zero-order chi connectivity index (χ0) is 13.7. The second kappa shape index (κ2) is 6.55. The topological polar surface area (TPSA) is 99.1 Å². The number of hydrogen-bond donors (Lipinski definition) is 3. The van der Waals surface area contributed by atoms with E-state index in [1.54, 1.807) is 14.0 Å². The predicted molar refractivity (Wildman–Crippen MR) is 63.2 cm³/mol. The number of amides is 2. The van der Waals surface area contributed by atoms with Gasteiger partial charge in [-0.2, -0.15) is 0 Å². The molecular formula is C11H20N2O5. The molecule has 3 atom stereocenters. The summed E-state index contributed by atoms with van der Waals surface area (Å²) in [5.74, 6) is -0.963. The lowest BCUT2D eigenvalue weighted by Crippen LogP contribution is -2.43. The third-order valence-electron chi connectivity index (χ3n) is 2.75. The highest BCUT2D eigenvalue weighted by Crippen LogP contribution is 2.19. The Balaban J connectivity index is 2.25. The Labute approximate surface area is 106 Å². The zero-order valence-corrected chi connectivity index (χ0v) is 10.6. The Bertz CT molecular complexity index is 308. The van der Waals surface area contributed by atoms with Gasteiger partial charge in [0.25, 0.3) is 0 Å². The first-order chi connectivity index (χ1) is 8.40. The number of likely N-dealkylation sites (N-methyl/N-ethyl adjacent to an activating group) is 1. The molecule has 3 unspecified atom stereocenters. The number of hydrogen-bond acceptors (Lipinski definition) is 4. The van der Waals surface area contributed by atoms with Crippen LogP contribution in [0.25, 0.3) is 0 Å². The summed E-state index contributed by atoms with van der Waals surface area (Å²) in [6, 6.07) is -0.307. The molecule has 0 bridgehead atoms. The van der Waals surface area contributed by atoms with Crippen molar-refractivity contribution >= 4 is 12.0 Å². The van der Waals surface area contributed by atoms with Crippen LogP contribution < -0.4 is 5.32 Å². The van der Waals surface area contributed by atoms with Gasteiger partial charge in [0.2, 0.25) is 0 Å². The molecule has 0 saturated carbocycles. The number of carboxylic acid groups (broad SMARTS) is 1. The minimum absolute atomic E-state index is 0.245. The molecule has 0 aromatic heterocycles. The quantitative estimate of drug-likeness (QED) is 0.627. The summed E-state index contributed by atoms with van der Waals surface area (Å²) in [6.45, 7) is 2.13. The number of nitrogens with zero attached hydrogens (tertiary/aromatic N) is 1. The van der Waals surface area contributed by atoms with Gasteiger partial charge >= 0.3 is 12.0 Å². The average Bonchev–Trinajstić information content (AvgIpc) is 2.73. The van der Waals surface area contributed by atoms with Crippen molar-refractivity contribution < 1.29 is 24.5 Å². The van der Waals surface area contributed by atoms with E-state index in [1.165, 1.54) is 4.90 Å². The number of nitrogens with one attached hydrogen (secondary N) is 1. The third kappa shape index (κ3) is 4.50. The molecule has 1 heterocycles. The number of carboxylic acids is 1. The van der Waals surface area contributed by atoms with Gasteiger partial charge in [-0.1, -0.05) is 0 Å². The second-order valence-electron chi connectivity index (χ2n) is 4.58. The Kier molecular flexibility index (Phi) is 5.36. The number of carbonyl (C=O) groups is 2. The molecule has 1 rings (SSSR count). The molecule has 0 radical (unpaired) electrons. The van der Waals surface area contributed by atoms with E-state index >= 15 is 0 Å². The zero-order valence-electron chi connectivity index (χ0n) is 10.6. The summed E-state index contributed by atoms with van der Waals surface area (Å²) < 4.78 is 5.25. The first kappa shape index (κ1) is 14.7. The van der Waals surface area contributed by atoms with Gasteiger partial charge in [-0.15, -0.1) is 0 Å². The fourth-order valence-electron chi connectivity index (χ4n) is 1.85. The molecule has 1 aliphatic heterocycles. The van der Waals surface area contributed by atoms with E-state index in [0.717, 1.165) is 0 Å². The molecule has 1 aliphatic rings. The minimum Gasteiger partial charge on any atom is -0.479 e. The van der Waals surface area contributed by atoms with E-state index in [1.807, 2.05) is 0 Å². The predicted octanol–water partition coefficient (Wildman–Crippen LogP) is -0.359. The van der Waals surface area contributed by atoms with Crippen LogP contribution in [-0.4, -0.2) is 65.6 Å². The van der Waals surface area contributed by atoms with Crippen molar-refractivity contribution in [1.82, 2.24) is 10.2 Å². The lowest BCUT2D eigenvalue weighted by Gasteiger charge is -2.20. The van der Waals surface area contributed by atoms with Crippen molar-refractivity contribution in [2.45, 2.75) is 38.1 Å². The van der Waals surface area contributed by atoms with Gasteiger partial charge in [-0.25, -0.2) is 9.59 Å². The van der Waals surface area contributed by atoms with Crippen LogP contribution in [0.15, 0.2) is 0 Å². The molecule has 104 valence electrons. The van der Waals surface area contributed by atoms with E-state index in [-0.39, 0.29) is 25.2 Å². The molecule has 0 spiro atoms. The van der Waals surface area contributed by atoms with Gasteiger partial charge in [0.05, 0.1) is 12.2 Å². The number of aliphatic carboxylic acids is 1. The molecule has 3 N–H and O–H groups in total. The summed E-state index contributed by atoms with van der Waals surface area (Å²) in [4.78, 5) is 23.6. The summed E-state index contributed by atoms with van der Waals surface area (Å²) in [6.07, 6.45) is -0.506. The van der Waals surface area contributed by atoms with E-state index in [4.69, 9.17) is 14.9 Å². The maximum Gasteiger partial charge on any atom is 0.332 e. The van der Waals surface area contributed by atoms with Crippen LogP contribution in [0.5, 0.6) is 0 Å². The average molecular weight is 260 g/mol.